The molecular formula is C16H25N3O. The largest absolute Gasteiger partial charge is 0.375 e. The van der Waals surface area contributed by atoms with Crippen LogP contribution in [0.2, 0.25) is 0 Å². The predicted octanol–water partition coefficient (Wildman–Crippen LogP) is 2.87. The molecule has 1 aromatic rings. The topological polar surface area (TPSA) is 47.0 Å². The summed E-state index contributed by atoms with van der Waals surface area (Å²) < 4.78 is 6.06. The van der Waals surface area contributed by atoms with Crippen molar-refractivity contribution in [1.82, 2.24) is 15.3 Å². The molecule has 110 valence electrons. The van der Waals surface area contributed by atoms with Gasteiger partial charge in [-0.2, -0.15) is 0 Å². The first kappa shape index (κ1) is 14.0. The fraction of sp³-hybridized carbons (Fsp3) is 0.750. The summed E-state index contributed by atoms with van der Waals surface area (Å²) in [6, 6.07) is 2.40. The van der Waals surface area contributed by atoms with Gasteiger partial charge in [0.2, 0.25) is 0 Å². The molecule has 20 heavy (non-hydrogen) atoms. The predicted molar refractivity (Wildman–Crippen MR) is 78.3 cm³/mol. The van der Waals surface area contributed by atoms with E-state index < -0.39 is 0 Å². The third-order valence-electron chi connectivity index (χ3n) is 4.81. The molecule has 0 amide bonds. The molecule has 4 nitrogen and oxygen atoms in total. The van der Waals surface area contributed by atoms with Crippen molar-refractivity contribution < 1.29 is 4.74 Å². The van der Waals surface area contributed by atoms with Crippen molar-refractivity contribution in [3.05, 3.63) is 24.3 Å². The molecule has 2 atom stereocenters. The molecule has 2 unspecified atom stereocenters. The summed E-state index contributed by atoms with van der Waals surface area (Å²) >= 11 is 0. The van der Waals surface area contributed by atoms with Crippen LogP contribution in [0.1, 0.15) is 57.2 Å². The zero-order chi connectivity index (χ0) is 13.8. The van der Waals surface area contributed by atoms with E-state index in [0.717, 1.165) is 31.7 Å². The molecule has 1 aliphatic carbocycles. The van der Waals surface area contributed by atoms with Crippen LogP contribution in [-0.4, -0.2) is 28.7 Å². The Morgan fingerprint density at radius 2 is 2.40 bits per heavy atom. The number of hydrogen-bond donors (Lipinski definition) is 1. The van der Waals surface area contributed by atoms with Crippen molar-refractivity contribution in [2.24, 2.45) is 5.92 Å². The maximum atomic E-state index is 6.06. The van der Waals surface area contributed by atoms with E-state index in [2.05, 4.69) is 28.3 Å². The molecule has 1 aliphatic heterocycles. The normalized spacial score (nSPS) is 26.1. The van der Waals surface area contributed by atoms with Crippen LogP contribution < -0.4 is 5.32 Å². The molecule has 0 radical (unpaired) electrons. The first-order chi connectivity index (χ1) is 9.83. The molecule has 3 rings (SSSR count). The van der Waals surface area contributed by atoms with Gasteiger partial charge in [0.1, 0.15) is 6.33 Å². The van der Waals surface area contributed by atoms with Crippen molar-refractivity contribution in [2.45, 2.75) is 57.1 Å². The number of hydrogen-bond acceptors (Lipinski definition) is 4. The Balaban J connectivity index is 1.74. The van der Waals surface area contributed by atoms with Crippen LogP contribution in [0, 0.1) is 5.92 Å². The number of rotatable bonds is 5. The standard InChI is InChI=1S/C16H25N3O/c1-2-8-18-15(14-4-9-17-12-19-14)13-5-10-20-16(11-13)6-3-7-16/h4,9,12-13,15,18H,2-3,5-8,10-11H2,1H3. The van der Waals surface area contributed by atoms with E-state index in [1.807, 2.05) is 6.20 Å². The van der Waals surface area contributed by atoms with Gasteiger partial charge in [0, 0.05) is 12.8 Å². The van der Waals surface area contributed by atoms with Crippen LogP contribution in [0.15, 0.2) is 18.6 Å². The number of ether oxygens (including phenoxy) is 1. The highest BCUT2D eigenvalue weighted by Crippen LogP contribution is 2.46. The molecule has 1 N–H and O–H groups in total. The van der Waals surface area contributed by atoms with Gasteiger partial charge in [-0.3, -0.25) is 0 Å². The Morgan fingerprint density at radius 1 is 1.50 bits per heavy atom. The minimum Gasteiger partial charge on any atom is -0.375 e. The second-order valence-electron chi connectivity index (χ2n) is 6.20. The molecule has 2 heterocycles. The van der Waals surface area contributed by atoms with Gasteiger partial charge in [0.15, 0.2) is 0 Å². The second kappa shape index (κ2) is 6.19. The summed E-state index contributed by atoms with van der Waals surface area (Å²) in [7, 11) is 0. The summed E-state index contributed by atoms with van der Waals surface area (Å²) in [5.74, 6) is 0.630. The summed E-state index contributed by atoms with van der Waals surface area (Å²) in [6.07, 6.45) is 10.8. The van der Waals surface area contributed by atoms with Gasteiger partial charge in [-0.25, -0.2) is 9.97 Å². The Labute approximate surface area is 121 Å². The van der Waals surface area contributed by atoms with E-state index in [0.29, 0.717) is 12.0 Å². The van der Waals surface area contributed by atoms with Gasteiger partial charge in [-0.1, -0.05) is 6.92 Å². The lowest BCUT2D eigenvalue weighted by Gasteiger charge is -2.48. The van der Waals surface area contributed by atoms with Crippen LogP contribution in [0.4, 0.5) is 0 Å². The van der Waals surface area contributed by atoms with Crippen molar-refractivity contribution >= 4 is 0 Å². The van der Waals surface area contributed by atoms with Crippen LogP contribution in [0.5, 0.6) is 0 Å². The average Bonchev–Trinajstić information content (AvgIpc) is 2.47. The highest BCUT2D eigenvalue weighted by Gasteiger charge is 2.44. The zero-order valence-electron chi connectivity index (χ0n) is 12.3. The lowest BCUT2D eigenvalue weighted by atomic mass is 9.70. The van der Waals surface area contributed by atoms with Gasteiger partial charge >= 0.3 is 0 Å². The molecule has 4 heteroatoms. The third kappa shape index (κ3) is 2.86. The summed E-state index contributed by atoms with van der Waals surface area (Å²) in [6.45, 7) is 4.15. The summed E-state index contributed by atoms with van der Waals surface area (Å²) in [4.78, 5) is 8.53. The van der Waals surface area contributed by atoms with Crippen molar-refractivity contribution in [2.75, 3.05) is 13.2 Å². The molecule has 1 saturated heterocycles. The van der Waals surface area contributed by atoms with Gasteiger partial charge in [0.25, 0.3) is 0 Å². The molecule has 0 aromatic carbocycles. The van der Waals surface area contributed by atoms with E-state index in [1.165, 1.54) is 25.7 Å². The first-order valence-electron chi connectivity index (χ1n) is 7.96. The molecule has 1 saturated carbocycles. The molecule has 1 spiro atoms. The first-order valence-corrected chi connectivity index (χ1v) is 7.96. The third-order valence-corrected chi connectivity index (χ3v) is 4.81. The summed E-state index contributed by atoms with van der Waals surface area (Å²) in [5, 5.41) is 3.70. The quantitative estimate of drug-likeness (QED) is 0.897. The van der Waals surface area contributed by atoms with Crippen molar-refractivity contribution in [1.29, 1.82) is 0 Å². The smallest absolute Gasteiger partial charge is 0.115 e. The maximum absolute atomic E-state index is 6.06. The monoisotopic (exact) mass is 275 g/mol. The van der Waals surface area contributed by atoms with Gasteiger partial charge in [-0.05, 0) is 57.1 Å². The number of aromatic nitrogens is 2. The zero-order valence-corrected chi connectivity index (χ0v) is 12.3. The van der Waals surface area contributed by atoms with E-state index in [-0.39, 0.29) is 5.60 Å². The Morgan fingerprint density at radius 3 is 3.05 bits per heavy atom. The van der Waals surface area contributed by atoms with Gasteiger partial charge in [0.05, 0.1) is 17.3 Å². The molecule has 0 bridgehead atoms. The van der Waals surface area contributed by atoms with E-state index in [4.69, 9.17) is 4.74 Å². The molecular weight excluding hydrogens is 250 g/mol. The minimum absolute atomic E-state index is 0.197. The molecule has 2 aliphatic rings. The summed E-state index contributed by atoms with van der Waals surface area (Å²) in [5.41, 5.74) is 1.33. The maximum Gasteiger partial charge on any atom is 0.115 e. The molecule has 1 aromatic heterocycles. The van der Waals surface area contributed by atoms with E-state index in [1.54, 1.807) is 6.33 Å². The second-order valence-corrected chi connectivity index (χ2v) is 6.20. The minimum atomic E-state index is 0.197. The van der Waals surface area contributed by atoms with E-state index >= 15 is 0 Å². The van der Waals surface area contributed by atoms with Crippen LogP contribution in [0.25, 0.3) is 0 Å². The van der Waals surface area contributed by atoms with Gasteiger partial charge in [-0.15, -0.1) is 0 Å². The van der Waals surface area contributed by atoms with Crippen LogP contribution in [0.3, 0.4) is 0 Å². The van der Waals surface area contributed by atoms with Gasteiger partial charge < -0.3 is 10.1 Å². The van der Waals surface area contributed by atoms with Crippen molar-refractivity contribution in [3.63, 3.8) is 0 Å². The van der Waals surface area contributed by atoms with E-state index in [9.17, 15) is 0 Å². The number of nitrogens with one attached hydrogen (secondary N) is 1. The highest BCUT2D eigenvalue weighted by molar-refractivity contribution is 5.09. The Kier molecular flexibility index (Phi) is 4.32. The lowest BCUT2D eigenvalue weighted by molar-refractivity contribution is -0.147. The Bertz CT molecular complexity index is 419. The van der Waals surface area contributed by atoms with Crippen molar-refractivity contribution in [3.8, 4) is 0 Å². The Hall–Kier alpha value is -1.00. The van der Waals surface area contributed by atoms with Crippen LogP contribution >= 0.6 is 0 Å². The number of nitrogens with zero attached hydrogens (tertiary/aromatic N) is 2. The van der Waals surface area contributed by atoms with Crippen LogP contribution in [-0.2, 0) is 4.74 Å². The average molecular weight is 275 g/mol. The fourth-order valence-corrected chi connectivity index (χ4v) is 3.57. The highest BCUT2D eigenvalue weighted by atomic mass is 16.5. The molecule has 2 fully saturated rings. The fourth-order valence-electron chi connectivity index (χ4n) is 3.57. The SMILES string of the molecule is CCCNC(c1ccncn1)C1CCOC2(CCC2)C1. The lowest BCUT2D eigenvalue weighted by Crippen LogP contribution is -2.48.